The van der Waals surface area contributed by atoms with E-state index in [0.717, 1.165) is 43.3 Å². The lowest BCUT2D eigenvalue weighted by Crippen LogP contribution is -2.58. The van der Waals surface area contributed by atoms with E-state index in [9.17, 15) is 9.90 Å². The van der Waals surface area contributed by atoms with E-state index in [1.54, 1.807) is 12.1 Å². The number of H-pyrrole nitrogens is 1. The van der Waals surface area contributed by atoms with Gasteiger partial charge in [0.15, 0.2) is 5.65 Å². The van der Waals surface area contributed by atoms with Gasteiger partial charge in [-0.25, -0.2) is 0 Å². The van der Waals surface area contributed by atoms with E-state index in [2.05, 4.69) is 21.8 Å². The number of phenolic OH excluding ortho intramolecular Hbond substituents is 1. The van der Waals surface area contributed by atoms with E-state index in [-0.39, 0.29) is 35.6 Å². The average molecular weight is 475 g/mol. The molecule has 3 fully saturated rings. The first-order chi connectivity index (χ1) is 17.1. The summed E-state index contributed by atoms with van der Waals surface area (Å²) >= 11 is 0. The van der Waals surface area contributed by atoms with Crippen LogP contribution in [0.5, 0.6) is 5.75 Å². The number of morpholine rings is 1. The molecule has 6 rings (SSSR count). The van der Waals surface area contributed by atoms with Gasteiger partial charge in [-0.3, -0.25) is 4.79 Å². The number of benzene rings is 1. The van der Waals surface area contributed by atoms with Gasteiger partial charge in [0.05, 0.1) is 37.6 Å². The number of aromatic nitrogens is 3. The van der Waals surface area contributed by atoms with Gasteiger partial charge in [0.1, 0.15) is 5.75 Å². The highest BCUT2D eigenvalue weighted by molar-refractivity contribution is 5.88. The molecule has 3 aliphatic rings. The van der Waals surface area contributed by atoms with Crippen molar-refractivity contribution in [2.45, 2.75) is 49.6 Å². The number of ether oxygens (including phenoxy) is 2. The molecule has 35 heavy (non-hydrogen) atoms. The molecule has 182 valence electrons. The van der Waals surface area contributed by atoms with Gasteiger partial charge in [-0.05, 0) is 55.5 Å². The van der Waals surface area contributed by atoms with E-state index in [1.165, 1.54) is 17.3 Å². The number of aromatic hydroxyl groups is 1. The van der Waals surface area contributed by atoms with Gasteiger partial charge >= 0.3 is 0 Å². The van der Waals surface area contributed by atoms with Crippen LogP contribution < -0.4 is 0 Å². The molecule has 2 N–H and O–H groups in total. The average Bonchev–Trinajstić information content (AvgIpc) is 3.27. The normalized spacial score (nSPS) is 26.6. The second-order valence-corrected chi connectivity index (χ2v) is 9.84. The lowest BCUT2D eigenvalue weighted by Gasteiger charge is -2.48. The zero-order valence-corrected chi connectivity index (χ0v) is 19.7. The number of aromatic amines is 1. The van der Waals surface area contributed by atoms with Crippen LogP contribution in [0, 0.1) is 0 Å². The Hall–Kier alpha value is -3.23. The van der Waals surface area contributed by atoms with Crippen LogP contribution in [0.25, 0.3) is 22.3 Å². The summed E-state index contributed by atoms with van der Waals surface area (Å²) in [7, 11) is 0. The zero-order chi connectivity index (χ0) is 23.9. The first-order valence-corrected chi connectivity index (χ1v) is 12.4. The molecule has 5 heterocycles. The lowest BCUT2D eigenvalue weighted by molar-refractivity contribution is -0.146. The smallest absolute Gasteiger partial charge is 0.246 e. The second kappa shape index (κ2) is 9.09. The van der Waals surface area contributed by atoms with E-state index in [1.807, 2.05) is 23.1 Å². The molecule has 0 spiro atoms. The maximum absolute atomic E-state index is 12.6. The molecule has 2 aromatic heterocycles. The third-order valence-electron chi connectivity index (χ3n) is 7.73. The van der Waals surface area contributed by atoms with Crippen molar-refractivity contribution >= 4 is 16.9 Å². The van der Waals surface area contributed by atoms with Crippen LogP contribution in [0.3, 0.4) is 0 Å². The molecule has 2 bridgehead atoms. The highest BCUT2D eigenvalue weighted by Crippen LogP contribution is 2.44. The van der Waals surface area contributed by atoms with Gasteiger partial charge in [-0.1, -0.05) is 18.7 Å². The number of hydrogen-bond donors (Lipinski definition) is 2. The number of nitrogens with zero attached hydrogens (tertiary/aromatic N) is 3. The Morgan fingerprint density at radius 2 is 1.91 bits per heavy atom. The standard InChI is InChI=1S/C27H30N4O4/c1-2-24(33)31-18-10-17(11-19(31)15-35-14-18)26-25(16-6-5-9-34-13-16)21-12-22(29-30-27(21)28-26)20-7-3-4-8-23(20)32/h2-4,7-8,12,16-19,32H,1,5-6,9-11,13-15H2,(H,28,30). The second-order valence-electron chi connectivity index (χ2n) is 9.84. The Balaban J connectivity index is 1.44. The van der Waals surface area contributed by atoms with Crippen molar-refractivity contribution in [3.8, 4) is 17.0 Å². The van der Waals surface area contributed by atoms with Crippen molar-refractivity contribution in [1.29, 1.82) is 0 Å². The predicted octanol–water partition coefficient (Wildman–Crippen LogP) is 3.88. The number of hydrogen-bond acceptors (Lipinski definition) is 6. The molecule has 3 aromatic rings. The molecule has 1 aromatic carbocycles. The summed E-state index contributed by atoms with van der Waals surface area (Å²) in [5.41, 5.74) is 4.50. The van der Waals surface area contributed by atoms with Crippen LogP contribution in [0.4, 0.5) is 0 Å². The minimum atomic E-state index is -0.0162. The first kappa shape index (κ1) is 22.2. The molecule has 0 aliphatic carbocycles. The van der Waals surface area contributed by atoms with Gasteiger partial charge < -0.3 is 24.5 Å². The summed E-state index contributed by atoms with van der Waals surface area (Å²) in [4.78, 5) is 18.2. The third kappa shape index (κ3) is 3.90. The van der Waals surface area contributed by atoms with Crippen molar-refractivity contribution in [3.63, 3.8) is 0 Å². The first-order valence-electron chi connectivity index (χ1n) is 12.4. The van der Waals surface area contributed by atoms with Crippen molar-refractivity contribution in [1.82, 2.24) is 20.1 Å². The molecule has 3 aliphatic heterocycles. The van der Waals surface area contributed by atoms with Gasteiger partial charge in [0, 0.05) is 35.1 Å². The fourth-order valence-corrected chi connectivity index (χ4v) is 6.20. The monoisotopic (exact) mass is 474 g/mol. The number of rotatable bonds is 4. The zero-order valence-electron chi connectivity index (χ0n) is 19.7. The molecule has 8 nitrogen and oxygen atoms in total. The molecule has 8 heteroatoms. The molecule has 3 unspecified atom stereocenters. The summed E-state index contributed by atoms with van der Waals surface area (Å²) in [5.74, 6) is 0.685. The summed E-state index contributed by atoms with van der Waals surface area (Å²) in [6.45, 7) is 6.26. The Morgan fingerprint density at radius 3 is 2.63 bits per heavy atom. The van der Waals surface area contributed by atoms with Crippen LogP contribution in [0.15, 0.2) is 43.0 Å². The number of amides is 1. The fraction of sp³-hybridized carbons (Fsp3) is 0.444. The van der Waals surface area contributed by atoms with Gasteiger partial charge in [-0.15, -0.1) is 10.2 Å². The van der Waals surface area contributed by atoms with Crippen molar-refractivity contribution < 1.29 is 19.4 Å². The molecule has 0 radical (unpaired) electrons. The molecule has 1 amide bonds. The molecule has 0 saturated carbocycles. The Bertz CT molecular complexity index is 1250. The Kier molecular flexibility index (Phi) is 5.78. The van der Waals surface area contributed by atoms with Crippen LogP contribution in [0.2, 0.25) is 0 Å². The van der Waals surface area contributed by atoms with E-state index >= 15 is 0 Å². The number of fused-ring (bicyclic) bond motifs is 3. The van der Waals surface area contributed by atoms with Gasteiger partial charge in [-0.2, -0.15) is 0 Å². The van der Waals surface area contributed by atoms with Gasteiger partial charge in [0.25, 0.3) is 0 Å². The van der Waals surface area contributed by atoms with E-state index in [4.69, 9.17) is 9.47 Å². The number of piperidine rings is 1. The highest BCUT2D eigenvalue weighted by atomic mass is 16.5. The predicted molar refractivity (Wildman–Crippen MR) is 131 cm³/mol. The van der Waals surface area contributed by atoms with E-state index < -0.39 is 0 Å². The molecule has 3 atom stereocenters. The van der Waals surface area contributed by atoms with Crippen molar-refractivity contribution in [2.24, 2.45) is 0 Å². The Morgan fingerprint density at radius 1 is 1.11 bits per heavy atom. The van der Waals surface area contributed by atoms with Crippen molar-refractivity contribution in [2.75, 3.05) is 26.4 Å². The maximum Gasteiger partial charge on any atom is 0.246 e. The Labute approximate surface area is 203 Å². The van der Waals surface area contributed by atoms with Crippen LogP contribution >= 0.6 is 0 Å². The highest BCUT2D eigenvalue weighted by Gasteiger charge is 2.43. The number of nitrogens with one attached hydrogen (secondary N) is 1. The third-order valence-corrected chi connectivity index (χ3v) is 7.73. The number of para-hydroxylation sites is 1. The van der Waals surface area contributed by atoms with Crippen LogP contribution in [0.1, 0.15) is 48.8 Å². The molecule has 3 saturated heterocycles. The number of phenols is 1. The van der Waals surface area contributed by atoms with E-state index in [0.29, 0.717) is 31.1 Å². The lowest BCUT2D eigenvalue weighted by atomic mass is 9.79. The molecular formula is C27H30N4O4. The molecular weight excluding hydrogens is 444 g/mol. The maximum atomic E-state index is 12.6. The summed E-state index contributed by atoms with van der Waals surface area (Å²) in [6, 6.07) is 9.31. The van der Waals surface area contributed by atoms with Crippen molar-refractivity contribution in [3.05, 3.63) is 54.2 Å². The van der Waals surface area contributed by atoms with Crippen LogP contribution in [-0.2, 0) is 14.3 Å². The summed E-state index contributed by atoms with van der Waals surface area (Å²) < 4.78 is 11.7. The largest absolute Gasteiger partial charge is 0.507 e. The fourth-order valence-electron chi connectivity index (χ4n) is 6.20. The SMILES string of the molecule is C=CC(=O)N1C2COCC1CC(c1[nH]c3nnc(-c4ccccc4O)cc3c1C1CCCOC1)C2. The number of carbonyl (C=O) groups excluding carboxylic acids is 1. The summed E-state index contributed by atoms with van der Waals surface area (Å²) in [5, 5.41) is 20.4. The van der Waals surface area contributed by atoms with Gasteiger partial charge in [0.2, 0.25) is 5.91 Å². The van der Waals surface area contributed by atoms with Crippen LogP contribution in [-0.4, -0.2) is 69.6 Å². The quantitative estimate of drug-likeness (QED) is 0.557. The summed E-state index contributed by atoms with van der Waals surface area (Å²) in [6.07, 6.45) is 5.13. The minimum Gasteiger partial charge on any atom is -0.507 e. The topological polar surface area (TPSA) is 101 Å². The number of carbonyl (C=O) groups is 1. The minimum absolute atomic E-state index is 0.0162.